The molecule has 1 unspecified atom stereocenters. The number of nitrogens with zero attached hydrogens (tertiary/aromatic N) is 1. The van der Waals surface area contributed by atoms with Crippen molar-refractivity contribution in [1.82, 2.24) is 4.98 Å². The Hall–Kier alpha value is -1.08. The van der Waals surface area contributed by atoms with Gasteiger partial charge in [0.1, 0.15) is 0 Å². The Morgan fingerprint density at radius 1 is 1.16 bits per heavy atom. The quantitative estimate of drug-likeness (QED) is 0.720. The lowest BCUT2D eigenvalue weighted by Gasteiger charge is -2.29. The largest absolute Gasteiger partial charge is 0.253 e. The molecule has 0 N–H and O–H groups in total. The molecule has 3 rings (SSSR count). The Morgan fingerprint density at radius 2 is 1.89 bits per heavy atom. The number of pyridine rings is 1. The molecule has 1 aliphatic rings. The third kappa shape index (κ3) is 2.62. The Bertz CT molecular complexity index is 572. The average Bonchev–Trinajstić information content (AvgIpc) is 2.87. The Morgan fingerprint density at radius 3 is 2.68 bits per heavy atom. The van der Waals surface area contributed by atoms with Crippen molar-refractivity contribution >= 4 is 22.5 Å². The van der Waals surface area contributed by atoms with Crippen molar-refractivity contribution in [3.63, 3.8) is 0 Å². The minimum absolute atomic E-state index is 0.198. The highest BCUT2D eigenvalue weighted by atomic mass is 35.5. The van der Waals surface area contributed by atoms with Crippen LogP contribution in [-0.4, -0.2) is 10.4 Å². The van der Waals surface area contributed by atoms with Crippen LogP contribution in [0, 0.1) is 5.41 Å². The zero-order valence-electron chi connectivity index (χ0n) is 11.4. The number of hydrogen-bond acceptors (Lipinski definition) is 1. The van der Waals surface area contributed by atoms with Crippen molar-refractivity contribution < 1.29 is 0 Å². The summed E-state index contributed by atoms with van der Waals surface area (Å²) in [6.45, 7) is 2.33. The lowest BCUT2D eigenvalue weighted by molar-refractivity contribution is 0.315. The van der Waals surface area contributed by atoms with E-state index in [1.807, 2.05) is 12.1 Å². The minimum Gasteiger partial charge on any atom is -0.253 e. The Balaban J connectivity index is 1.81. The fourth-order valence-electron chi connectivity index (χ4n) is 3.15. The van der Waals surface area contributed by atoms with Gasteiger partial charge < -0.3 is 0 Å². The summed E-state index contributed by atoms with van der Waals surface area (Å²) < 4.78 is 0. The lowest BCUT2D eigenvalue weighted by Crippen LogP contribution is -2.27. The number of aromatic nitrogens is 1. The van der Waals surface area contributed by atoms with Crippen molar-refractivity contribution in [2.45, 2.75) is 44.4 Å². The van der Waals surface area contributed by atoms with Gasteiger partial charge in [0.05, 0.1) is 5.52 Å². The van der Waals surface area contributed by atoms with E-state index in [-0.39, 0.29) is 5.38 Å². The molecular weight excluding hydrogens is 254 g/mol. The number of rotatable bonds is 3. The number of fused-ring (bicyclic) bond motifs is 1. The van der Waals surface area contributed by atoms with E-state index >= 15 is 0 Å². The number of benzene rings is 1. The maximum atomic E-state index is 6.67. The van der Waals surface area contributed by atoms with Crippen molar-refractivity contribution in [2.75, 3.05) is 0 Å². The van der Waals surface area contributed by atoms with Gasteiger partial charge in [-0.25, -0.2) is 0 Å². The summed E-state index contributed by atoms with van der Waals surface area (Å²) in [5.41, 5.74) is 2.49. The van der Waals surface area contributed by atoms with E-state index in [9.17, 15) is 0 Å². The van der Waals surface area contributed by atoms with E-state index in [4.69, 9.17) is 16.6 Å². The van der Waals surface area contributed by atoms with Crippen molar-refractivity contribution in [1.29, 1.82) is 0 Å². The van der Waals surface area contributed by atoms with Crippen molar-refractivity contribution in [3.05, 3.63) is 42.1 Å². The highest BCUT2D eigenvalue weighted by molar-refractivity contribution is 6.21. The molecule has 1 aliphatic carbocycles. The van der Waals surface area contributed by atoms with Gasteiger partial charge in [0, 0.05) is 22.9 Å². The molecule has 1 fully saturated rings. The molecule has 1 nitrogen and oxygen atoms in total. The lowest BCUT2D eigenvalue weighted by atomic mass is 9.83. The molecule has 1 saturated carbocycles. The fraction of sp³-hybridized carbons (Fsp3) is 0.471. The molecule has 2 aromatic rings. The first-order valence-electron chi connectivity index (χ1n) is 7.16. The van der Waals surface area contributed by atoms with Crippen LogP contribution in [0.25, 0.3) is 10.9 Å². The average molecular weight is 274 g/mol. The molecule has 1 aromatic carbocycles. The number of alkyl halides is 1. The minimum atomic E-state index is 0.198. The van der Waals surface area contributed by atoms with E-state index in [1.54, 1.807) is 0 Å². The number of hydrogen-bond donors (Lipinski definition) is 0. The van der Waals surface area contributed by atoms with E-state index in [0.29, 0.717) is 5.41 Å². The van der Waals surface area contributed by atoms with Gasteiger partial charge in [0.2, 0.25) is 0 Å². The summed E-state index contributed by atoms with van der Waals surface area (Å²) in [5.74, 6) is 0. The predicted molar refractivity (Wildman–Crippen MR) is 81.7 cm³/mol. The van der Waals surface area contributed by atoms with Crippen LogP contribution in [0.3, 0.4) is 0 Å². The van der Waals surface area contributed by atoms with Crippen molar-refractivity contribution in [3.8, 4) is 0 Å². The maximum Gasteiger partial charge on any atom is 0.0705 e. The SMILES string of the molecule is CC1(C(Cl)Cc2ccc3ccccc3n2)CCCC1. The van der Waals surface area contributed by atoms with Gasteiger partial charge >= 0.3 is 0 Å². The summed E-state index contributed by atoms with van der Waals surface area (Å²) in [6.07, 6.45) is 6.04. The van der Waals surface area contributed by atoms with Gasteiger partial charge in [0.25, 0.3) is 0 Å². The highest BCUT2D eigenvalue weighted by Crippen LogP contribution is 2.43. The standard InChI is InChI=1S/C17H20ClN/c1-17(10-4-5-11-17)16(18)12-14-9-8-13-6-2-3-7-15(13)19-14/h2-3,6-9,16H,4-5,10-12H2,1H3. The molecule has 0 radical (unpaired) electrons. The van der Waals surface area contributed by atoms with Crippen LogP contribution in [0.5, 0.6) is 0 Å². The normalized spacial score (nSPS) is 19.7. The third-order valence-corrected chi connectivity index (χ3v) is 5.23. The first kappa shape index (κ1) is 12.9. The molecule has 19 heavy (non-hydrogen) atoms. The van der Waals surface area contributed by atoms with Gasteiger partial charge in [0.15, 0.2) is 0 Å². The third-order valence-electron chi connectivity index (χ3n) is 4.55. The van der Waals surface area contributed by atoms with Gasteiger partial charge in [-0.05, 0) is 30.4 Å². The van der Waals surface area contributed by atoms with E-state index in [1.165, 1.54) is 31.1 Å². The molecule has 0 saturated heterocycles. The van der Waals surface area contributed by atoms with Crippen LogP contribution in [0.1, 0.15) is 38.3 Å². The first-order chi connectivity index (χ1) is 9.17. The van der Waals surface area contributed by atoms with E-state index in [2.05, 4.69) is 31.2 Å². The van der Waals surface area contributed by atoms with E-state index < -0.39 is 0 Å². The maximum absolute atomic E-state index is 6.67. The molecule has 0 aliphatic heterocycles. The molecule has 100 valence electrons. The Labute approximate surface area is 120 Å². The summed E-state index contributed by atoms with van der Waals surface area (Å²) in [4.78, 5) is 4.73. The molecule has 1 atom stereocenters. The van der Waals surface area contributed by atoms with Crippen LogP contribution < -0.4 is 0 Å². The van der Waals surface area contributed by atoms with Gasteiger partial charge in [-0.1, -0.05) is 44.0 Å². The molecule has 1 aromatic heterocycles. The second-order valence-corrected chi connectivity index (χ2v) is 6.55. The molecule has 0 spiro atoms. The molecular formula is C17H20ClN. The number of halogens is 1. The monoisotopic (exact) mass is 273 g/mol. The summed E-state index contributed by atoms with van der Waals surface area (Å²) >= 11 is 6.67. The topological polar surface area (TPSA) is 12.9 Å². The zero-order valence-corrected chi connectivity index (χ0v) is 12.2. The summed E-state index contributed by atoms with van der Waals surface area (Å²) in [6, 6.07) is 12.5. The highest BCUT2D eigenvalue weighted by Gasteiger charge is 2.35. The van der Waals surface area contributed by atoms with Crippen LogP contribution in [0.4, 0.5) is 0 Å². The molecule has 0 bridgehead atoms. The fourth-order valence-corrected chi connectivity index (χ4v) is 3.52. The summed E-state index contributed by atoms with van der Waals surface area (Å²) in [5, 5.41) is 1.40. The smallest absolute Gasteiger partial charge is 0.0705 e. The molecule has 2 heteroatoms. The first-order valence-corrected chi connectivity index (χ1v) is 7.60. The zero-order chi connectivity index (χ0) is 13.3. The second-order valence-electron chi connectivity index (χ2n) is 6.03. The van der Waals surface area contributed by atoms with E-state index in [0.717, 1.165) is 17.6 Å². The van der Waals surface area contributed by atoms with Gasteiger partial charge in [-0.3, -0.25) is 4.98 Å². The van der Waals surface area contributed by atoms with Crippen LogP contribution in [0.15, 0.2) is 36.4 Å². The van der Waals surface area contributed by atoms with Crippen LogP contribution >= 0.6 is 11.6 Å². The molecule has 1 heterocycles. The second kappa shape index (κ2) is 5.13. The Kier molecular flexibility index (Phi) is 3.49. The predicted octanol–water partition coefficient (Wildman–Crippen LogP) is 4.97. The van der Waals surface area contributed by atoms with Gasteiger partial charge in [-0.2, -0.15) is 0 Å². The van der Waals surface area contributed by atoms with Gasteiger partial charge in [-0.15, -0.1) is 11.6 Å². The van der Waals surface area contributed by atoms with Crippen LogP contribution in [0.2, 0.25) is 0 Å². The van der Waals surface area contributed by atoms with Crippen molar-refractivity contribution in [2.24, 2.45) is 5.41 Å². The number of para-hydroxylation sites is 1. The molecule has 0 amide bonds. The van der Waals surface area contributed by atoms with Crippen LogP contribution in [-0.2, 0) is 6.42 Å². The summed E-state index contributed by atoms with van der Waals surface area (Å²) in [7, 11) is 0.